The average Bonchev–Trinajstić information content (AvgIpc) is 2.41. The zero-order chi connectivity index (χ0) is 15.6. The third-order valence-electron chi connectivity index (χ3n) is 2.68. The SMILES string of the molecule is Cc1ccc(NS(=O)(=O)c2ccc(F)c(C(N)=S)c2)cn1. The van der Waals surface area contributed by atoms with Gasteiger partial charge in [0.25, 0.3) is 10.0 Å². The number of pyridine rings is 1. The van der Waals surface area contributed by atoms with Gasteiger partial charge in [-0.25, -0.2) is 12.8 Å². The van der Waals surface area contributed by atoms with Gasteiger partial charge in [-0.05, 0) is 37.3 Å². The normalized spacial score (nSPS) is 11.1. The van der Waals surface area contributed by atoms with Crippen LogP contribution in [0.2, 0.25) is 0 Å². The van der Waals surface area contributed by atoms with Gasteiger partial charge < -0.3 is 5.73 Å². The highest BCUT2D eigenvalue weighted by Crippen LogP contribution is 2.18. The van der Waals surface area contributed by atoms with E-state index in [1.54, 1.807) is 19.1 Å². The highest BCUT2D eigenvalue weighted by atomic mass is 32.2. The lowest BCUT2D eigenvalue weighted by atomic mass is 10.2. The van der Waals surface area contributed by atoms with Crippen LogP contribution in [-0.2, 0) is 10.0 Å². The van der Waals surface area contributed by atoms with Gasteiger partial charge >= 0.3 is 0 Å². The summed E-state index contributed by atoms with van der Waals surface area (Å²) in [6, 6.07) is 6.50. The Kier molecular flexibility index (Phi) is 4.19. The lowest BCUT2D eigenvalue weighted by Crippen LogP contribution is -2.16. The molecule has 0 unspecified atom stereocenters. The number of anilines is 1. The minimum absolute atomic E-state index is 0.116. The van der Waals surface area contributed by atoms with E-state index in [0.29, 0.717) is 5.69 Å². The fourth-order valence-corrected chi connectivity index (χ4v) is 2.83. The summed E-state index contributed by atoms with van der Waals surface area (Å²) >= 11 is 4.69. The maximum absolute atomic E-state index is 13.5. The molecule has 8 heteroatoms. The smallest absolute Gasteiger partial charge is 0.261 e. The van der Waals surface area contributed by atoms with Crippen LogP contribution in [0.25, 0.3) is 0 Å². The molecule has 2 rings (SSSR count). The number of rotatable bonds is 4. The summed E-state index contributed by atoms with van der Waals surface area (Å²) < 4.78 is 40.3. The number of sulfonamides is 1. The monoisotopic (exact) mass is 325 g/mol. The summed E-state index contributed by atoms with van der Waals surface area (Å²) in [5.74, 6) is -0.668. The number of benzene rings is 1. The first-order valence-electron chi connectivity index (χ1n) is 5.84. The van der Waals surface area contributed by atoms with Gasteiger partial charge in [0, 0.05) is 11.3 Å². The van der Waals surface area contributed by atoms with Crippen molar-refractivity contribution in [3.05, 3.63) is 53.6 Å². The first kappa shape index (κ1) is 15.3. The quantitative estimate of drug-likeness (QED) is 0.840. The number of hydrogen-bond donors (Lipinski definition) is 2. The second kappa shape index (κ2) is 5.74. The molecule has 110 valence electrons. The van der Waals surface area contributed by atoms with Crippen molar-refractivity contribution in [1.82, 2.24) is 4.98 Å². The molecular formula is C13H12FN3O2S2. The van der Waals surface area contributed by atoms with E-state index in [1.165, 1.54) is 6.20 Å². The lowest BCUT2D eigenvalue weighted by molar-refractivity contribution is 0.599. The molecule has 21 heavy (non-hydrogen) atoms. The van der Waals surface area contributed by atoms with Crippen LogP contribution >= 0.6 is 12.2 Å². The van der Waals surface area contributed by atoms with Crippen molar-refractivity contribution >= 4 is 32.9 Å². The second-order valence-electron chi connectivity index (χ2n) is 4.30. The molecule has 0 aliphatic carbocycles. The van der Waals surface area contributed by atoms with Crippen LogP contribution in [-0.4, -0.2) is 18.4 Å². The fourth-order valence-electron chi connectivity index (χ4n) is 1.60. The molecule has 0 atom stereocenters. The molecule has 1 heterocycles. The van der Waals surface area contributed by atoms with Crippen LogP contribution < -0.4 is 10.5 Å². The Morgan fingerprint density at radius 1 is 1.33 bits per heavy atom. The van der Waals surface area contributed by atoms with Crippen molar-refractivity contribution in [1.29, 1.82) is 0 Å². The first-order chi connectivity index (χ1) is 9.79. The standard InChI is InChI=1S/C13H12FN3O2S2/c1-8-2-3-9(7-16-8)17-21(18,19)10-4-5-12(14)11(6-10)13(15)20/h2-7,17H,1H3,(H2,15,20). The number of hydrogen-bond acceptors (Lipinski definition) is 4. The van der Waals surface area contributed by atoms with Crippen molar-refractivity contribution in [2.45, 2.75) is 11.8 Å². The van der Waals surface area contributed by atoms with Crippen molar-refractivity contribution in [2.24, 2.45) is 5.73 Å². The van der Waals surface area contributed by atoms with E-state index in [0.717, 1.165) is 23.9 Å². The lowest BCUT2D eigenvalue weighted by Gasteiger charge is -2.09. The summed E-state index contributed by atoms with van der Waals surface area (Å²) in [4.78, 5) is 3.65. The molecule has 0 aliphatic heterocycles. The largest absolute Gasteiger partial charge is 0.389 e. The minimum atomic E-state index is -3.87. The molecule has 1 aromatic heterocycles. The van der Waals surface area contributed by atoms with Crippen LogP contribution in [0, 0.1) is 12.7 Å². The molecule has 5 nitrogen and oxygen atoms in total. The molecule has 1 aromatic carbocycles. The topological polar surface area (TPSA) is 85.1 Å². The van der Waals surface area contributed by atoms with E-state index >= 15 is 0 Å². The van der Waals surface area contributed by atoms with Crippen molar-refractivity contribution in [2.75, 3.05) is 4.72 Å². The van der Waals surface area contributed by atoms with Gasteiger partial charge in [0.15, 0.2) is 0 Å². The van der Waals surface area contributed by atoms with Gasteiger partial charge in [0.05, 0.1) is 16.8 Å². The minimum Gasteiger partial charge on any atom is -0.389 e. The number of nitrogens with two attached hydrogens (primary N) is 1. The highest BCUT2D eigenvalue weighted by Gasteiger charge is 2.17. The Balaban J connectivity index is 2.38. The Labute approximate surface area is 127 Å². The Morgan fingerprint density at radius 3 is 2.62 bits per heavy atom. The summed E-state index contributed by atoms with van der Waals surface area (Å²) in [5.41, 5.74) is 6.31. The van der Waals surface area contributed by atoms with E-state index in [9.17, 15) is 12.8 Å². The first-order valence-corrected chi connectivity index (χ1v) is 7.73. The maximum Gasteiger partial charge on any atom is 0.261 e. The number of nitrogens with one attached hydrogen (secondary N) is 1. The van der Waals surface area contributed by atoms with Gasteiger partial charge in [-0.15, -0.1) is 0 Å². The zero-order valence-electron chi connectivity index (χ0n) is 11.0. The molecule has 0 spiro atoms. The van der Waals surface area contributed by atoms with Crippen molar-refractivity contribution in [3.63, 3.8) is 0 Å². The number of thiocarbonyl (C=S) groups is 1. The number of halogens is 1. The van der Waals surface area contributed by atoms with Crippen molar-refractivity contribution < 1.29 is 12.8 Å². The molecule has 0 fully saturated rings. The van der Waals surface area contributed by atoms with Crippen molar-refractivity contribution in [3.8, 4) is 0 Å². The summed E-state index contributed by atoms with van der Waals surface area (Å²) in [6.07, 6.45) is 1.39. The zero-order valence-corrected chi connectivity index (χ0v) is 12.6. The fraction of sp³-hybridized carbons (Fsp3) is 0.0769. The Bertz CT molecular complexity index is 790. The van der Waals surface area contributed by atoms with Crippen LogP contribution in [0.3, 0.4) is 0 Å². The van der Waals surface area contributed by atoms with Gasteiger partial charge in [0.2, 0.25) is 0 Å². The van der Waals surface area contributed by atoms with Crippen LogP contribution in [0.4, 0.5) is 10.1 Å². The Hall–Kier alpha value is -2.06. The van der Waals surface area contributed by atoms with Crippen LogP contribution in [0.1, 0.15) is 11.3 Å². The summed E-state index contributed by atoms with van der Waals surface area (Å²) in [7, 11) is -3.87. The predicted molar refractivity (Wildman–Crippen MR) is 82.1 cm³/mol. The molecule has 3 N–H and O–H groups in total. The van der Waals surface area contributed by atoms with Gasteiger partial charge in [-0.2, -0.15) is 0 Å². The summed E-state index contributed by atoms with van der Waals surface area (Å²) in [5, 5.41) is 0. The van der Waals surface area contributed by atoms with Gasteiger partial charge in [-0.3, -0.25) is 9.71 Å². The number of aromatic nitrogens is 1. The van der Waals surface area contributed by atoms with E-state index in [2.05, 4.69) is 21.9 Å². The van der Waals surface area contributed by atoms with Crippen LogP contribution in [0.5, 0.6) is 0 Å². The van der Waals surface area contributed by atoms with Gasteiger partial charge in [0.1, 0.15) is 10.8 Å². The third-order valence-corrected chi connectivity index (χ3v) is 4.28. The summed E-state index contributed by atoms with van der Waals surface area (Å²) in [6.45, 7) is 1.78. The van der Waals surface area contributed by atoms with E-state index in [-0.39, 0.29) is 15.4 Å². The number of aryl methyl sites for hydroxylation is 1. The molecule has 0 saturated heterocycles. The Morgan fingerprint density at radius 2 is 2.05 bits per heavy atom. The molecular weight excluding hydrogens is 313 g/mol. The molecule has 2 aromatic rings. The second-order valence-corrected chi connectivity index (χ2v) is 6.42. The molecule has 0 bridgehead atoms. The van der Waals surface area contributed by atoms with Crippen LogP contribution in [0.15, 0.2) is 41.4 Å². The molecule has 0 amide bonds. The van der Waals surface area contributed by atoms with E-state index in [1.807, 2.05) is 0 Å². The highest BCUT2D eigenvalue weighted by molar-refractivity contribution is 7.92. The van der Waals surface area contributed by atoms with E-state index in [4.69, 9.17) is 5.73 Å². The predicted octanol–water partition coefficient (Wildman–Crippen LogP) is 1.96. The maximum atomic E-state index is 13.5. The molecule has 0 aliphatic rings. The number of nitrogens with zero attached hydrogens (tertiary/aromatic N) is 1. The van der Waals surface area contributed by atoms with E-state index < -0.39 is 15.8 Å². The van der Waals surface area contributed by atoms with Gasteiger partial charge in [-0.1, -0.05) is 12.2 Å². The third kappa shape index (κ3) is 3.53. The molecule has 0 saturated carbocycles. The average molecular weight is 325 g/mol. The molecule has 0 radical (unpaired) electrons.